The molecule has 5 rings (SSSR count). The lowest BCUT2D eigenvalue weighted by molar-refractivity contribution is 0.00404. The van der Waals surface area contributed by atoms with E-state index in [-0.39, 0.29) is 12.0 Å². The molecule has 1 amide bonds. The van der Waals surface area contributed by atoms with Crippen molar-refractivity contribution in [1.82, 2.24) is 24.4 Å². The van der Waals surface area contributed by atoms with Crippen LogP contribution in [0.15, 0.2) is 49.1 Å². The molecule has 9 nitrogen and oxygen atoms in total. The van der Waals surface area contributed by atoms with Crippen LogP contribution in [0.25, 0.3) is 16.9 Å². The Morgan fingerprint density at radius 3 is 3.09 bits per heavy atom. The molecule has 0 spiro atoms. The third kappa shape index (κ3) is 4.42. The summed E-state index contributed by atoms with van der Waals surface area (Å²) in [4.78, 5) is 17.4. The van der Waals surface area contributed by atoms with E-state index in [1.807, 2.05) is 6.20 Å². The van der Waals surface area contributed by atoms with Crippen LogP contribution in [0.5, 0.6) is 5.75 Å². The first kappa shape index (κ1) is 21.4. The third-order valence-corrected chi connectivity index (χ3v) is 5.85. The summed E-state index contributed by atoms with van der Waals surface area (Å²) in [6.07, 6.45) is 9.94. The van der Waals surface area contributed by atoms with Crippen molar-refractivity contribution in [3.05, 3.63) is 59.6 Å². The Morgan fingerprint density at radius 2 is 2.27 bits per heavy atom. The molecule has 33 heavy (non-hydrogen) atoms. The number of anilines is 1. The van der Waals surface area contributed by atoms with E-state index in [1.165, 1.54) is 6.20 Å². The number of amides is 1. The monoisotopic (exact) mass is 466 g/mol. The van der Waals surface area contributed by atoms with Gasteiger partial charge in [0.2, 0.25) is 0 Å². The van der Waals surface area contributed by atoms with Gasteiger partial charge >= 0.3 is 0 Å². The number of benzene rings is 1. The molecule has 0 bridgehead atoms. The fourth-order valence-corrected chi connectivity index (χ4v) is 4.18. The van der Waals surface area contributed by atoms with Gasteiger partial charge in [0.15, 0.2) is 5.65 Å². The van der Waals surface area contributed by atoms with E-state index in [0.717, 1.165) is 25.9 Å². The Balaban J connectivity index is 1.52. The summed E-state index contributed by atoms with van der Waals surface area (Å²) in [5.41, 5.74) is 2.61. The minimum absolute atomic E-state index is 0.0834. The molecular weight excluding hydrogens is 444 g/mol. The molecule has 3 aromatic heterocycles. The average Bonchev–Trinajstić information content (AvgIpc) is 3.44. The van der Waals surface area contributed by atoms with Gasteiger partial charge in [0, 0.05) is 35.8 Å². The van der Waals surface area contributed by atoms with Gasteiger partial charge in [0.05, 0.1) is 31.6 Å². The smallest absolute Gasteiger partial charge is 0.261 e. The standard InChI is InChI=1S/C23H23ClN6O3/c1-32-20-7-6-15(24)11-17(20)21-19(14-29(28-21)13-16-5-2-3-10-33-16)27-23(31)18-12-26-30-9-4-8-25-22(18)30/h4,6-9,11-12,14,16H,2-3,5,10,13H2,1H3,(H,27,31). The van der Waals surface area contributed by atoms with Crippen LogP contribution < -0.4 is 10.1 Å². The van der Waals surface area contributed by atoms with E-state index >= 15 is 0 Å². The summed E-state index contributed by atoms with van der Waals surface area (Å²) < 4.78 is 14.8. The number of hydrogen-bond donors (Lipinski definition) is 1. The fourth-order valence-electron chi connectivity index (χ4n) is 4.01. The molecule has 1 N–H and O–H groups in total. The van der Waals surface area contributed by atoms with Gasteiger partial charge in [-0.15, -0.1) is 0 Å². The Kier molecular flexibility index (Phi) is 5.97. The molecule has 0 saturated carbocycles. The van der Waals surface area contributed by atoms with E-state index < -0.39 is 0 Å². The second-order valence-electron chi connectivity index (χ2n) is 7.85. The number of carbonyl (C=O) groups excluding carboxylic acids is 1. The van der Waals surface area contributed by atoms with E-state index in [9.17, 15) is 4.79 Å². The highest BCUT2D eigenvalue weighted by atomic mass is 35.5. The van der Waals surface area contributed by atoms with Crippen molar-refractivity contribution in [2.45, 2.75) is 31.9 Å². The predicted molar refractivity (Wildman–Crippen MR) is 124 cm³/mol. The first-order valence-corrected chi connectivity index (χ1v) is 11.1. The van der Waals surface area contributed by atoms with Gasteiger partial charge in [0.1, 0.15) is 17.0 Å². The molecule has 1 saturated heterocycles. The first-order valence-electron chi connectivity index (χ1n) is 10.7. The maximum absolute atomic E-state index is 13.2. The lowest BCUT2D eigenvalue weighted by Gasteiger charge is -2.22. The van der Waals surface area contributed by atoms with Crippen LogP contribution in [0.3, 0.4) is 0 Å². The van der Waals surface area contributed by atoms with Crippen molar-refractivity contribution in [3.63, 3.8) is 0 Å². The van der Waals surface area contributed by atoms with Gasteiger partial charge in [-0.3, -0.25) is 9.48 Å². The molecule has 0 radical (unpaired) electrons. The third-order valence-electron chi connectivity index (χ3n) is 5.62. The van der Waals surface area contributed by atoms with Crippen molar-refractivity contribution in [2.75, 3.05) is 19.0 Å². The highest BCUT2D eigenvalue weighted by Gasteiger charge is 2.22. The van der Waals surface area contributed by atoms with Crippen molar-refractivity contribution in [2.24, 2.45) is 0 Å². The Labute approximate surface area is 195 Å². The SMILES string of the molecule is COc1ccc(Cl)cc1-c1nn(CC2CCCCO2)cc1NC(=O)c1cnn2cccnc12. The molecule has 1 aromatic carbocycles. The van der Waals surface area contributed by atoms with Crippen LogP contribution in [-0.4, -0.2) is 50.1 Å². The second-order valence-corrected chi connectivity index (χ2v) is 8.28. The van der Waals surface area contributed by atoms with Gasteiger partial charge in [-0.2, -0.15) is 10.2 Å². The Morgan fingerprint density at radius 1 is 1.36 bits per heavy atom. The van der Waals surface area contributed by atoms with E-state index in [4.69, 9.17) is 26.2 Å². The zero-order valence-corrected chi connectivity index (χ0v) is 18.8. The van der Waals surface area contributed by atoms with Crippen LogP contribution in [0.1, 0.15) is 29.6 Å². The van der Waals surface area contributed by atoms with Crippen molar-refractivity contribution in [1.29, 1.82) is 0 Å². The molecule has 1 aliphatic heterocycles. The molecule has 4 heterocycles. The van der Waals surface area contributed by atoms with Gasteiger partial charge in [0.25, 0.3) is 5.91 Å². The summed E-state index contributed by atoms with van der Waals surface area (Å²) in [7, 11) is 1.59. The zero-order valence-electron chi connectivity index (χ0n) is 18.1. The number of carbonyl (C=O) groups is 1. The van der Waals surface area contributed by atoms with Crippen LogP contribution in [-0.2, 0) is 11.3 Å². The normalized spacial score (nSPS) is 16.1. The van der Waals surface area contributed by atoms with E-state index in [0.29, 0.717) is 45.5 Å². The molecule has 170 valence electrons. The molecule has 1 unspecified atom stereocenters. The maximum atomic E-state index is 13.2. The number of rotatable bonds is 6. The average molecular weight is 467 g/mol. The lowest BCUT2D eigenvalue weighted by Crippen LogP contribution is -2.24. The van der Waals surface area contributed by atoms with Crippen LogP contribution in [0.2, 0.25) is 5.02 Å². The molecule has 4 aromatic rings. The van der Waals surface area contributed by atoms with Gasteiger partial charge < -0.3 is 14.8 Å². The summed E-state index contributed by atoms with van der Waals surface area (Å²) in [6, 6.07) is 7.06. The highest BCUT2D eigenvalue weighted by molar-refractivity contribution is 6.31. The molecule has 1 aliphatic rings. The van der Waals surface area contributed by atoms with Gasteiger partial charge in [-0.1, -0.05) is 11.6 Å². The lowest BCUT2D eigenvalue weighted by atomic mass is 10.1. The first-order chi connectivity index (χ1) is 16.1. The van der Waals surface area contributed by atoms with Crippen LogP contribution >= 0.6 is 11.6 Å². The van der Waals surface area contributed by atoms with Gasteiger partial charge in [-0.25, -0.2) is 9.50 Å². The Hall–Kier alpha value is -3.43. The van der Waals surface area contributed by atoms with Crippen molar-refractivity contribution in [3.8, 4) is 17.0 Å². The van der Waals surface area contributed by atoms with E-state index in [1.54, 1.807) is 53.0 Å². The summed E-state index contributed by atoms with van der Waals surface area (Å²) in [6.45, 7) is 1.34. The Bertz CT molecular complexity index is 1290. The second kappa shape index (κ2) is 9.21. The number of methoxy groups -OCH3 is 1. The number of aromatic nitrogens is 5. The van der Waals surface area contributed by atoms with Gasteiger partial charge in [-0.05, 0) is 43.5 Å². The summed E-state index contributed by atoms with van der Waals surface area (Å²) >= 11 is 6.27. The van der Waals surface area contributed by atoms with Crippen molar-refractivity contribution >= 4 is 28.8 Å². The minimum atomic E-state index is -0.334. The fraction of sp³-hybridized carbons (Fsp3) is 0.304. The molecule has 1 atom stereocenters. The minimum Gasteiger partial charge on any atom is -0.496 e. The summed E-state index contributed by atoms with van der Waals surface area (Å²) in [5, 5.41) is 12.5. The maximum Gasteiger partial charge on any atom is 0.261 e. The predicted octanol–water partition coefficient (Wildman–Crippen LogP) is 4.08. The zero-order chi connectivity index (χ0) is 22.8. The summed E-state index contributed by atoms with van der Waals surface area (Å²) in [5.74, 6) is 0.270. The van der Waals surface area contributed by atoms with Crippen LogP contribution in [0, 0.1) is 0 Å². The molecule has 0 aliphatic carbocycles. The number of fused-ring (bicyclic) bond motifs is 1. The largest absolute Gasteiger partial charge is 0.496 e. The highest BCUT2D eigenvalue weighted by Crippen LogP contribution is 2.36. The van der Waals surface area contributed by atoms with E-state index in [2.05, 4.69) is 15.4 Å². The number of hydrogen-bond acceptors (Lipinski definition) is 6. The quantitative estimate of drug-likeness (QED) is 0.460. The number of halogens is 1. The van der Waals surface area contributed by atoms with Crippen LogP contribution in [0.4, 0.5) is 5.69 Å². The molecular formula is C23H23ClN6O3. The van der Waals surface area contributed by atoms with Crippen molar-refractivity contribution < 1.29 is 14.3 Å². The number of ether oxygens (including phenoxy) is 2. The topological polar surface area (TPSA) is 95.6 Å². The number of nitrogens with one attached hydrogen (secondary N) is 1. The number of nitrogens with zero attached hydrogens (tertiary/aromatic N) is 5. The molecule has 10 heteroatoms. The molecule has 1 fully saturated rings.